The van der Waals surface area contributed by atoms with Crippen LogP contribution in [0.25, 0.3) is 33.4 Å². The summed E-state index contributed by atoms with van der Waals surface area (Å²) in [5, 5.41) is 1.48. The summed E-state index contributed by atoms with van der Waals surface area (Å²) in [7, 11) is 0. The summed E-state index contributed by atoms with van der Waals surface area (Å²) in [5.41, 5.74) is 20.4. The number of benzene rings is 6. The van der Waals surface area contributed by atoms with E-state index in [0.717, 1.165) is 16.5 Å². The molecule has 0 spiro atoms. The molecule has 0 nitrogen and oxygen atoms in total. The molecule has 5 heteroatoms. The van der Waals surface area contributed by atoms with E-state index in [0.29, 0.717) is 11.3 Å². The molecule has 1 atom stereocenters. The number of aryl methyl sites for hydroxylation is 6. The molecule has 0 bridgehead atoms. The molecular formula is C56H60Cl4Zr-4. The minimum atomic E-state index is 0. The van der Waals surface area contributed by atoms with Crippen LogP contribution in [0.4, 0.5) is 0 Å². The van der Waals surface area contributed by atoms with Gasteiger partial charge >= 0.3 is 28.4 Å². The van der Waals surface area contributed by atoms with Crippen molar-refractivity contribution < 1.29 is 24.2 Å². The first-order valence-electron chi connectivity index (χ1n) is 20.4. The minimum absolute atomic E-state index is 0. The van der Waals surface area contributed by atoms with Gasteiger partial charge in [0.2, 0.25) is 0 Å². The Kier molecular flexibility index (Phi) is 22.7. The Morgan fingerprint density at radius 2 is 1.20 bits per heavy atom. The van der Waals surface area contributed by atoms with Gasteiger partial charge in [-0.25, -0.2) is 6.08 Å². The molecule has 0 saturated heterocycles. The predicted octanol–water partition coefficient (Wildman–Crippen LogP) is 17.1. The third-order valence-electron chi connectivity index (χ3n) is 10.3. The van der Waals surface area contributed by atoms with Crippen LogP contribution in [0.2, 0.25) is 10.0 Å². The SMILES string of the molecule is CCCC1[C-]=CC(C(C)(C)C)=C1.Cc1cc(C)c(-c2[c-]c3c(cc2)-c2ccc(-c4c(C)cc(C)cc4C)cc2C3)c(C)c1.Cl.Cl.Clc1c[c-]ccc1.Clc1c[c-]ccc1.[CH2]=[Zr]. The van der Waals surface area contributed by atoms with Crippen molar-refractivity contribution in [1.29, 1.82) is 0 Å². The predicted molar refractivity (Wildman–Crippen MR) is 269 cm³/mol. The molecule has 61 heavy (non-hydrogen) atoms. The number of allylic oxidation sites excluding steroid dienone is 4. The van der Waals surface area contributed by atoms with E-state index >= 15 is 0 Å². The zero-order valence-electron chi connectivity index (χ0n) is 37.4. The van der Waals surface area contributed by atoms with Crippen LogP contribution in [-0.4, -0.2) is 4.21 Å². The molecule has 0 aliphatic heterocycles. The molecule has 1 unspecified atom stereocenters. The first-order valence-corrected chi connectivity index (χ1v) is 22.9. The van der Waals surface area contributed by atoms with Gasteiger partial charge in [0, 0.05) is 0 Å². The van der Waals surface area contributed by atoms with Crippen LogP contribution < -0.4 is 0 Å². The quantitative estimate of drug-likeness (QED) is 0.154. The number of hydrogen-bond donors (Lipinski definition) is 0. The zero-order chi connectivity index (χ0) is 43.3. The van der Waals surface area contributed by atoms with Gasteiger partial charge in [-0.05, 0) is 75.8 Å². The second-order valence-corrected chi connectivity index (χ2v) is 17.3. The van der Waals surface area contributed by atoms with Crippen LogP contribution in [0.15, 0.2) is 121 Å². The van der Waals surface area contributed by atoms with Crippen LogP contribution >= 0.6 is 48.0 Å². The Morgan fingerprint density at radius 3 is 1.62 bits per heavy atom. The molecule has 0 N–H and O–H groups in total. The number of hydrogen-bond acceptors (Lipinski definition) is 0. The molecule has 6 aromatic carbocycles. The van der Waals surface area contributed by atoms with Crippen molar-refractivity contribution in [1.82, 2.24) is 0 Å². The van der Waals surface area contributed by atoms with Crippen molar-refractivity contribution in [2.45, 2.75) is 88.5 Å². The monoisotopic (exact) mass is 962 g/mol. The van der Waals surface area contributed by atoms with E-state index in [-0.39, 0.29) is 24.8 Å². The van der Waals surface area contributed by atoms with Gasteiger partial charge in [0.25, 0.3) is 0 Å². The normalized spacial score (nSPS) is 12.7. The molecule has 0 fully saturated rings. The summed E-state index contributed by atoms with van der Waals surface area (Å²) in [6.45, 7) is 22.2. The van der Waals surface area contributed by atoms with Crippen molar-refractivity contribution in [3.8, 4) is 33.4 Å². The van der Waals surface area contributed by atoms with E-state index in [2.05, 4.69) is 164 Å². The molecule has 2 aliphatic rings. The molecule has 2 aliphatic carbocycles. The van der Waals surface area contributed by atoms with E-state index in [4.69, 9.17) is 23.2 Å². The van der Waals surface area contributed by atoms with Crippen molar-refractivity contribution >= 4 is 52.2 Å². The van der Waals surface area contributed by atoms with Crippen LogP contribution in [0, 0.1) is 77.2 Å². The Hall–Kier alpha value is -3.29. The average Bonchev–Trinajstić information content (AvgIpc) is 3.81. The molecule has 0 heterocycles. The van der Waals surface area contributed by atoms with Gasteiger partial charge in [-0.2, -0.15) is 95.5 Å². The summed E-state index contributed by atoms with van der Waals surface area (Å²) in [5.74, 6) is 0.587. The zero-order valence-corrected chi connectivity index (χ0v) is 43.1. The number of fused-ring (bicyclic) bond motifs is 3. The summed E-state index contributed by atoms with van der Waals surface area (Å²) in [6, 6.07) is 44.5. The second kappa shape index (κ2) is 25.7. The molecule has 0 radical (unpaired) electrons. The van der Waals surface area contributed by atoms with Gasteiger partial charge in [0.15, 0.2) is 0 Å². The van der Waals surface area contributed by atoms with E-state index in [1.165, 1.54) is 121 Å². The van der Waals surface area contributed by atoms with Gasteiger partial charge < -0.3 is 0 Å². The molecule has 0 saturated carbocycles. The van der Waals surface area contributed by atoms with Crippen LogP contribution in [0.3, 0.4) is 0 Å². The molecule has 6 aromatic rings. The first kappa shape index (κ1) is 53.8. The fourth-order valence-electron chi connectivity index (χ4n) is 7.86. The van der Waals surface area contributed by atoms with Gasteiger partial charge in [-0.15, -0.1) is 54.1 Å². The fraction of sp³-hybridized carbons (Fsp3) is 0.268. The average molecular weight is 966 g/mol. The standard InChI is InChI=1S/C31H29.C12H19.2C6H4Cl.CH2.2ClH.Zr/c1-18-11-20(3)30(21(4)12-18)24-7-9-28-26(15-24)17-27-16-25(8-10-29(27)28)31-22(5)13-19(2)14-23(31)6;1-5-6-10-7-8-11(9-10)12(2,3)4;2*7-6-4-2-1-3-5-6;;;;/h7-15H,17H2,1-6H3;8-10H,5-6H2,1-4H3;2*1-2,4-5H;1H2;2*1H;/q4*-1;;;;. The molecule has 320 valence electrons. The van der Waals surface area contributed by atoms with Gasteiger partial charge in [0.1, 0.15) is 0 Å². The van der Waals surface area contributed by atoms with E-state index in [1.54, 1.807) is 12.1 Å². The summed E-state index contributed by atoms with van der Waals surface area (Å²) in [4.78, 5) is 0. The number of rotatable bonds is 4. The molecule has 8 rings (SSSR count). The van der Waals surface area contributed by atoms with Crippen molar-refractivity contribution in [2.75, 3.05) is 0 Å². The van der Waals surface area contributed by atoms with Crippen molar-refractivity contribution in [3.05, 3.63) is 200 Å². The van der Waals surface area contributed by atoms with Crippen molar-refractivity contribution in [3.63, 3.8) is 0 Å². The Balaban J connectivity index is 0.000000349. The maximum atomic E-state index is 5.51. The Bertz CT molecular complexity index is 2180. The van der Waals surface area contributed by atoms with E-state index < -0.39 is 0 Å². The number of halogens is 4. The van der Waals surface area contributed by atoms with E-state index in [9.17, 15) is 0 Å². The van der Waals surface area contributed by atoms with Crippen molar-refractivity contribution in [2.24, 2.45) is 11.3 Å². The van der Waals surface area contributed by atoms with Gasteiger partial charge in [-0.3, -0.25) is 6.08 Å². The molecule has 0 aromatic heterocycles. The topological polar surface area (TPSA) is 0 Å². The van der Waals surface area contributed by atoms with Crippen LogP contribution in [0.1, 0.15) is 85.0 Å². The summed E-state index contributed by atoms with van der Waals surface area (Å²) < 4.78 is 3.34. The van der Waals surface area contributed by atoms with E-state index in [1.807, 2.05) is 36.4 Å². The second-order valence-electron chi connectivity index (χ2n) is 16.4. The fourth-order valence-corrected chi connectivity index (χ4v) is 8.13. The Morgan fingerprint density at radius 1 is 0.689 bits per heavy atom. The molecule has 0 amide bonds. The van der Waals surface area contributed by atoms with Crippen LogP contribution in [-0.2, 0) is 30.7 Å². The third kappa shape index (κ3) is 15.5. The summed E-state index contributed by atoms with van der Waals surface area (Å²) >= 11 is 12.3. The first-order chi connectivity index (χ1) is 28.1. The summed E-state index contributed by atoms with van der Waals surface area (Å²) in [6.07, 6.45) is 11.4. The third-order valence-corrected chi connectivity index (χ3v) is 10.8. The van der Waals surface area contributed by atoms with Gasteiger partial charge in [-0.1, -0.05) is 143 Å². The Labute approximate surface area is 406 Å². The van der Waals surface area contributed by atoms with Crippen LogP contribution in [0.5, 0.6) is 0 Å². The molecular weight excluding hydrogens is 906 g/mol. The van der Waals surface area contributed by atoms with Gasteiger partial charge in [0.05, 0.1) is 0 Å². The maximum absolute atomic E-state index is 5.51.